The molecule has 3 nitrogen and oxygen atoms in total. The first-order chi connectivity index (χ1) is 6.68. The summed E-state index contributed by atoms with van der Waals surface area (Å²) in [5.41, 5.74) is 1.26. The first-order valence-electron chi connectivity index (χ1n) is 5.13. The second-order valence-corrected chi connectivity index (χ2v) is 4.85. The Kier molecular flexibility index (Phi) is 2.93. The van der Waals surface area contributed by atoms with Crippen molar-refractivity contribution < 1.29 is 0 Å². The topological polar surface area (TPSA) is 29.9 Å². The van der Waals surface area contributed by atoms with Crippen LogP contribution >= 0.6 is 15.9 Å². The van der Waals surface area contributed by atoms with Gasteiger partial charge < -0.3 is 9.88 Å². The number of imidazole rings is 1. The maximum absolute atomic E-state index is 4.28. The third-order valence-electron chi connectivity index (χ3n) is 2.49. The molecular formula is C10H16BrN3. The number of nitrogens with one attached hydrogen (secondary N) is 1. The molecule has 0 atom stereocenters. The molecule has 1 fully saturated rings. The van der Waals surface area contributed by atoms with Crippen molar-refractivity contribution in [1.82, 2.24) is 14.9 Å². The molecule has 1 N–H and O–H groups in total. The van der Waals surface area contributed by atoms with E-state index in [0.717, 1.165) is 17.3 Å². The molecule has 1 aliphatic rings. The minimum Gasteiger partial charge on any atom is -0.319 e. The van der Waals surface area contributed by atoms with Gasteiger partial charge in [0.25, 0.3) is 0 Å². The molecule has 2 rings (SSSR count). The number of nitrogens with zero attached hydrogens (tertiary/aromatic N) is 2. The number of hydrogen-bond donors (Lipinski definition) is 1. The average molecular weight is 258 g/mol. The molecule has 1 aliphatic carbocycles. The molecule has 1 aromatic heterocycles. The van der Waals surface area contributed by atoms with Crippen LogP contribution in [0.3, 0.4) is 0 Å². The Labute approximate surface area is 93.0 Å². The Balaban J connectivity index is 2.06. The van der Waals surface area contributed by atoms with Gasteiger partial charge in [-0.1, -0.05) is 0 Å². The summed E-state index contributed by atoms with van der Waals surface area (Å²) in [6, 6.07) is 1.21. The molecule has 0 unspecified atom stereocenters. The Hall–Kier alpha value is -0.350. The highest BCUT2D eigenvalue weighted by molar-refractivity contribution is 9.10. The highest BCUT2D eigenvalue weighted by Crippen LogP contribution is 2.21. The monoisotopic (exact) mass is 257 g/mol. The van der Waals surface area contributed by atoms with Gasteiger partial charge in [-0.2, -0.15) is 0 Å². The molecule has 1 saturated carbocycles. The largest absolute Gasteiger partial charge is 0.319 e. The van der Waals surface area contributed by atoms with Gasteiger partial charge in [-0.25, -0.2) is 4.98 Å². The van der Waals surface area contributed by atoms with Gasteiger partial charge in [0.1, 0.15) is 0 Å². The van der Waals surface area contributed by atoms with Crippen LogP contribution in [-0.2, 0) is 6.54 Å². The van der Waals surface area contributed by atoms with Crippen LogP contribution in [0.1, 0.15) is 38.4 Å². The maximum Gasteiger partial charge on any atom is 0.177 e. The van der Waals surface area contributed by atoms with Crippen LogP contribution in [0, 0.1) is 0 Å². The van der Waals surface area contributed by atoms with Crippen LogP contribution in [-0.4, -0.2) is 15.6 Å². The minimum atomic E-state index is 0.461. The van der Waals surface area contributed by atoms with E-state index in [-0.39, 0.29) is 0 Å². The van der Waals surface area contributed by atoms with Crippen molar-refractivity contribution in [2.24, 2.45) is 0 Å². The van der Waals surface area contributed by atoms with E-state index in [1.54, 1.807) is 0 Å². The van der Waals surface area contributed by atoms with Crippen LogP contribution in [0.4, 0.5) is 0 Å². The molecule has 1 heterocycles. The van der Waals surface area contributed by atoms with E-state index in [1.807, 2.05) is 6.20 Å². The van der Waals surface area contributed by atoms with E-state index >= 15 is 0 Å². The van der Waals surface area contributed by atoms with Crippen LogP contribution in [0.5, 0.6) is 0 Å². The van der Waals surface area contributed by atoms with Crippen molar-refractivity contribution >= 4 is 15.9 Å². The molecule has 0 bridgehead atoms. The van der Waals surface area contributed by atoms with E-state index in [4.69, 9.17) is 0 Å². The van der Waals surface area contributed by atoms with Gasteiger partial charge in [-0.3, -0.25) is 0 Å². The predicted molar refractivity (Wildman–Crippen MR) is 60.2 cm³/mol. The zero-order valence-corrected chi connectivity index (χ0v) is 10.2. The van der Waals surface area contributed by atoms with Gasteiger partial charge in [0.2, 0.25) is 0 Å². The lowest BCUT2D eigenvalue weighted by Crippen LogP contribution is -2.18. The lowest BCUT2D eigenvalue weighted by molar-refractivity contribution is 0.540. The van der Waals surface area contributed by atoms with E-state index < -0.39 is 0 Å². The van der Waals surface area contributed by atoms with Crippen molar-refractivity contribution in [3.8, 4) is 0 Å². The molecule has 78 valence electrons. The Bertz CT molecular complexity index is 315. The normalized spacial score (nSPS) is 16.6. The summed E-state index contributed by atoms with van der Waals surface area (Å²) in [5, 5.41) is 3.50. The molecule has 0 aromatic carbocycles. The van der Waals surface area contributed by atoms with Gasteiger partial charge >= 0.3 is 0 Å². The van der Waals surface area contributed by atoms with E-state index in [1.165, 1.54) is 18.5 Å². The summed E-state index contributed by atoms with van der Waals surface area (Å²) >= 11 is 3.46. The standard InChI is InChI=1S/C10H16BrN3/c1-7(2)14-9(6-13-10(14)11)5-12-8-3-4-8/h6-8,12H,3-5H2,1-2H3. The Morgan fingerprint density at radius 2 is 2.36 bits per heavy atom. The molecule has 1 aromatic rings. The van der Waals surface area contributed by atoms with Gasteiger partial charge in [0.15, 0.2) is 4.73 Å². The molecule has 0 aliphatic heterocycles. The summed E-state index contributed by atoms with van der Waals surface area (Å²) in [6.45, 7) is 5.28. The van der Waals surface area contributed by atoms with Gasteiger partial charge in [0.05, 0.1) is 11.9 Å². The van der Waals surface area contributed by atoms with Crippen LogP contribution in [0.2, 0.25) is 0 Å². The summed E-state index contributed by atoms with van der Waals surface area (Å²) in [5.74, 6) is 0. The second-order valence-electron chi connectivity index (χ2n) is 4.14. The molecule has 0 spiro atoms. The summed E-state index contributed by atoms with van der Waals surface area (Å²) in [7, 11) is 0. The second kappa shape index (κ2) is 4.03. The predicted octanol–water partition coefficient (Wildman–Crippen LogP) is 2.48. The van der Waals surface area contributed by atoms with Crippen molar-refractivity contribution in [3.05, 3.63) is 16.6 Å². The van der Waals surface area contributed by atoms with Gasteiger partial charge in [-0.15, -0.1) is 0 Å². The fraction of sp³-hybridized carbons (Fsp3) is 0.700. The van der Waals surface area contributed by atoms with E-state index in [2.05, 4.69) is 44.6 Å². The Morgan fingerprint density at radius 3 is 2.93 bits per heavy atom. The number of rotatable bonds is 4. The molecule has 0 amide bonds. The van der Waals surface area contributed by atoms with Crippen molar-refractivity contribution in [3.63, 3.8) is 0 Å². The highest BCUT2D eigenvalue weighted by atomic mass is 79.9. The zero-order chi connectivity index (χ0) is 10.1. The first-order valence-corrected chi connectivity index (χ1v) is 5.92. The lowest BCUT2D eigenvalue weighted by atomic mass is 10.3. The number of hydrogen-bond acceptors (Lipinski definition) is 2. The van der Waals surface area contributed by atoms with Crippen LogP contribution < -0.4 is 5.32 Å². The van der Waals surface area contributed by atoms with Crippen LogP contribution in [0.25, 0.3) is 0 Å². The summed E-state index contributed by atoms with van der Waals surface area (Å²) in [4.78, 5) is 4.28. The zero-order valence-electron chi connectivity index (χ0n) is 8.63. The van der Waals surface area contributed by atoms with Crippen LogP contribution in [0.15, 0.2) is 10.9 Å². The average Bonchev–Trinajstić information content (AvgIpc) is 2.86. The van der Waals surface area contributed by atoms with Crippen molar-refractivity contribution in [2.75, 3.05) is 0 Å². The molecular weight excluding hydrogens is 242 g/mol. The quantitative estimate of drug-likeness (QED) is 0.899. The first kappa shape index (κ1) is 10.2. The molecule has 0 radical (unpaired) electrons. The van der Waals surface area contributed by atoms with Crippen molar-refractivity contribution in [2.45, 2.75) is 45.3 Å². The molecule has 4 heteroatoms. The minimum absolute atomic E-state index is 0.461. The number of aromatic nitrogens is 2. The highest BCUT2D eigenvalue weighted by Gasteiger charge is 2.21. The maximum atomic E-state index is 4.28. The third-order valence-corrected chi connectivity index (χ3v) is 3.08. The molecule has 14 heavy (non-hydrogen) atoms. The van der Waals surface area contributed by atoms with Gasteiger partial charge in [-0.05, 0) is 42.6 Å². The fourth-order valence-corrected chi connectivity index (χ4v) is 2.32. The SMILES string of the molecule is CC(C)n1c(CNC2CC2)cnc1Br. The number of halogens is 1. The van der Waals surface area contributed by atoms with Crippen molar-refractivity contribution in [1.29, 1.82) is 0 Å². The van der Waals surface area contributed by atoms with Gasteiger partial charge in [0, 0.05) is 18.6 Å². The fourth-order valence-electron chi connectivity index (χ4n) is 1.58. The smallest absolute Gasteiger partial charge is 0.177 e. The third kappa shape index (κ3) is 2.17. The summed E-state index contributed by atoms with van der Waals surface area (Å²) in [6.07, 6.45) is 4.60. The lowest BCUT2D eigenvalue weighted by Gasteiger charge is -2.13. The Morgan fingerprint density at radius 1 is 1.64 bits per heavy atom. The molecule has 0 saturated heterocycles. The van der Waals surface area contributed by atoms with E-state index in [9.17, 15) is 0 Å². The summed E-state index contributed by atoms with van der Waals surface area (Å²) < 4.78 is 3.15. The van der Waals surface area contributed by atoms with E-state index in [0.29, 0.717) is 6.04 Å².